The van der Waals surface area contributed by atoms with Gasteiger partial charge in [0.25, 0.3) is 0 Å². The SMILES string of the molecule is COc1cc2c(cc1OC(C)C)[C@H](c1ccc(Cl)cc1)N(c1ccc(C(C)(O)C3CC4CCC(C3)N4C(C)C)cc1)C(=O)C2. The van der Waals surface area contributed by atoms with Crippen molar-refractivity contribution in [2.75, 3.05) is 12.0 Å². The molecule has 4 atom stereocenters. The van der Waals surface area contributed by atoms with Crippen molar-refractivity contribution in [3.63, 3.8) is 0 Å². The lowest BCUT2D eigenvalue weighted by Crippen LogP contribution is -2.50. The van der Waals surface area contributed by atoms with Crippen LogP contribution in [-0.2, 0) is 16.8 Å². The summed E-state index contributed by atoms with van der Waals surface area (Å²) in [6.07, 6.45) is 4.66. The van der Waals surface area contributed by atoms with Crippen LogP contribution in [0.15, 0.2) is 60.7 Å². The van der Waals surface area contributed by atoms with Crippen LogP contribution in [0.1, 0.15) is 88.6 Å². The van der Waals surface area contributed by atoms with Gasteiger partial charge in [-0.05, 0) is 125 Å². The molecule has 1 amide bonds. The molecule has 2 bridgehead atoms. The summed E-state index contributed by atoms with van der Waals surface area (Å²) in [7, 11) is 1.62. The molecule has 6 nitrogen and oxygen atoms in total. The highest BCUT2D eigenvalue weighted by atomic mass is 35.5. The van der Waals surface area contributed by atoms with E-state index in [0.29, 0.717) is 34.6 Å². The van der Waals surface area contributed by atoms with Gasteiger partial charge in [-0.15, -0.1) is 0 Å². The fourth-order valence-electron chi connectivity index (χ4n) is 8.04. The number of methoxy groups -OCH3 is 1. The van der Waals surface area contributed by atoms with E-state index in [4.69, 9.17) is 21.1 Å². The first-order chi connectivity index (χ1) is 21.0. The van der Waals surface area contributed by atoms with Gasteiger partial charge in [0, 0.05) is 28.8 Å². The molecule has 3 unspecified atom stereocenters. The smallest absolute Gasteiger partial charge is 0.232 e. The number of ether oxygens (including phenoxy) is 2. The summed E-state index contributed by atoms with van der Waals surface area (Å²) in [6.45, 7) is 10.5. The summed E-state index contributed by atoms with van der Waals surface area (Å²) >= 11 is 6.28. The Labute approximate surface area is 266 Å². The number of rotatable bonds is 8. The van der Waals surface area contributed by atoms with Gasteiger partial charge < -0.3 is 19.5 Å². The van der Waals surface area contributed by atoms with Gasteiger partial charge in [0.1, 0.15) is 0 Å². The minimum atomic E-state index is -0.948. The van der Waals surface area contributed by atoms with E-state index in [9.17, 15) is 9.90 Å². The van der Waals surface area contributed by atoms with Crippen LogP contribution in [0.25, 0.3) is 0 Å². The van der Waals surface area contributed by atoms with Gasteiger partial charge in [0.2, 0.25) is 5.91 Å². The van der Waals surface area contributed by atoms with Crippen molar-refractivity contribution >= 4 is 23.2 Å². The number of piperidine rings is 1. The second-order valence-corrected chi connectivity index (χ2v) is 14.0. The molecule has 1 N–H and O–H groups in total. The zero-order valence-electron chi connectivity index (χ0n) is 26.7. The van der Waals surface area contributed by atoms with Crippen molar-refractivity contribution in [1.29, 1.82) is 0 Å². The molecule has 2 saturated heterocycles. The molecule has 3 aromatic rings. The molecule has 7 heteroatoms. The molecule has 6 rings (SSSR count). The van der Waals surface area contributed by atoms with Crippen LogP contribution in [0, 0.1) is 5.92 Å². The van der Waals surface area contributed by atoms with Gasteiger partial charge in [-0.25, -0.2) is 0 Å². The maximum absolute atomic E-state index is 13.9. The molecule has 44 heavy (non-hydrogen) atoms. The zero-order chi connectivity index (χ0) is 31.3. The van der Waals surface area contributed by atoms with Gasteiger partial charge in [0.05, 0.1) is 31.3 Å². The van der Waals surface area contributed by atoms with Crippen molar-refractivity contribution in [2.45, 2.75) is 103 Å². The number of aliphatic hydroxyl groups is 1. The van der Waals surface area contributed by atoms with E-state index in [-0.39, 0.29) is 30.4 Å². The Morgan fingerprint density at radius 2 is 1.57 bits per heavy atom. The predicted octanol–water partition coefficient (Wildman–Crippen LogP) is 7.67. The molecule has 0 saturated carbocycles. The first-order valence-corrected chi connectivity index (χ1v) is 16.4. The third-order valence-corrected chi connectivity index (χ3v) is 10.3. The Hall–Kier alpha value is -3.06. The highest BCUT2D eigenvalue weighted by molar-refractivity contribution is 6.30. The molecule has 3 aromatic carbocycles. The second-order valence-electron chi connectivity index (χ2n) is 13.6. The lowest BCUT2D eigenvalue weighted by Gasteiger charge is -2.46. The lowest BCUT2D eigenvalue weighted by molar-refractivity contribution is -0.118. The monoisotopic (exact) mass is 616 g/mol. The average molecular weight is 617 g/mol. The van der Waals surface area contributed by atoms with Gasteiger partial charge in [-0.3, -0.25) is 9.69 Å². The molecule has 3 aliphatic heterocycles. The summed E-state index contributed by atoms with van der Waals surface area (Å²) in [5.74, 6) is 1.46. The predicted molar refractivity (Wildman–Crippen MR) is 176 cm³/mol. The van der Waals surface area contributed by atoms with Gasteiger partial charge >= 0.3 is 0 Å². The Bertz CT molecular complexity index is 1490. The number of nitrogens with zero attached hydrogens (tertiary/aromatic N) is 2. The van der Waals surface area contributed by atoms with E-state index in [1.165, 1.54) is 12.8 Å². The van der Waals surface area contributed by atoms with Crippen molar-refractivity contribution in [3.05, 3.63) is 87.9 Å². The second kappa shape index (κ2) is 12.0. The van der Waals surface area contributed by atoms with Crippen LogP contribution >= 0.6 is 11.6 Å². The van der Waals surface area contributed by atoms with Crippen molar-refractivity contribution in [2.24, 2.45) is 5.92 Å². The molecule has 0 aliphatic carbocycles. The third-order valence-electron chi connectivity index (χ3n) is 10.0. The molecular formula is C37H45ClN2O4. The first kappa shape index (κ1) is 30.9. The number of hydrogen-bond acceptors (Lipinski definition) is 5. The number of amides is 1. The van der Waals surface area contributed by atoms with Crippen molar-refractivity contribution < 1.29 is 19.4 Å². The summed E-state index contributed by atoms with van der Waals surface area (Å²) in [6, 6.07) is 20.9. The Kier molecular flexibility index (Phi) is 8.46. The lowest BCUT2D eigenvalue weighted by atomic mass is 9.74. The molecule has 2 fully saturated rings. The van der Waals surface area contributed by atoms with E-state index >= 15 is 0 Å². The van der Waals surface area contributed by atoms with Crippen molar-refractivity contribution in [3.8, 4) is 11.5 Å². The van der Waals surface area contributed by atoms with Crippen LogP contribution in [0.2, 0.25) is 5.02 Å². The third kappa shape index (κ3) is 5.61. The van der Waals surface area contributed by atoms with Crippen LogP contribution in [0.5, 0.6) is 11.5 Å². The Morgan fingerprint density at radius 1 is 0.932 bits per heavy atom. The number of halogens is 1. The molecule has 0 spiro atoms. The van der Waals surface area contributed by atoms with Crippen LogP contribution < -0.4 is 14.4 Å². The van der Waals surface area contributed by atoms with Gasteiger partial charge in [0.15, 0.2) is 11.5 Å². The quantitative estimate of drug-likeness (QED) is 0.281. The van der Waals surface area contributed by atoms with E-state index in [1.807, 2.05) is 86.3 Å². The Morgan fingerprint density at radius 3 is 2.14 bits per heavy atom. The number of carbonyl (C=O) groups is 1. The van der Waals surface area contributed by atoms with E-state index in [0.717, 1.165) is 40.8 Å². The topological polar surface area (TPSA) is 62.2 Å². The van der Waals surface area contributed by atoms with Crippen LogP contribution in [-0.4, -0.2) is 47.3 Å². The maximum atomic E-state index is 13.9. The first-order valence-electron chi connectivity index (χ1n) is 16.0. The molecule has 0 aromatic heterocycles. The molecular weight excluding hydrogens is 572 g/mol. The maximum Gasteiger partial charge on any atom is 0.232 e. The standard InChI is InChI=1S/C37H45ClN2O4/c1-22(2)39-30-15-16-31(39)20-27(19-30)37(5,42)26-9-13-29(14-10-26)40-35(41)18-25-17-33(43-6)34(44-23(3)4)21-32(25)36(40)24-7-11-28(38)12-8-24/h7-14,17,21-23,27,30-31,36,42H,15-16,18-20H2,1-6H3/t27?,30?,31?,36-,37?/m0/s1. The van der Waals surface area contributed by atoms with Crippen LogP contribution in [0.3, 0.4) is 0 Å². The highest BCUT2D eigenvalue weighted by Crippen LogP contribution is 2.48. The average Bonchev–Trinajstić information content (AvgIpc) is 3.26. The largest absolute Gasteiger partial charge is 0.493 e. The number of carbonyl (C=O) groups excluding carboxylic acids is 1. The minimum Gasteiger partial charge on any atom is -0.493 e. The van der Waals surface area contributed by atoms with E-state index in [2.05, 4.69) is 18.7 Å². The van der Waals surface area contributed by atoms with E-state index < -0.39 is 5.60 Å². The van der Waals surface area contributed by atoms with Gasteiger partial charge in [-0.2, -0.15) is 0 Å². The highest BCUT2D eigenvalue weighted by Gasteiger charge is 2.47. The van der Waals surface area contributed by atoms with E-state index in [1.54, 1.807) is 7.11 Å². The normalized spacial score (nSPS) is 24.9. The number of fused-ring (bicyclic) bond motifs is 3. The minimum absolute atomic E-state index is 0.00539. The van der Waals surface area contributed by atoms with Crippen LogP contribution in [0.4, 0.5) is 5.69 Å². The molecule has 3 heterocycles. The number of benzene rings is 3. The summed E-state index contributed by atoms with van der Waals surface area (Å²) < 4.78 is 11.8. The summed E-state index contributed by atoms with van der Waals surface area (Å²) in [5.41, 5.74) is 3.60. The summed E-state index contributed by atoms with van der Waals surface area (Å²) in [4.78, 5) is 18.5. The number of hydrogen-bond donors (Lipinski definition) is 1. The zero-order valence-corrected chi connectivity index (χ0v) is 27.5. The van der Waals surface area contributed by atoms with Crippen molar-refractivity contribution in [1.82, 2.24) is 4.90 Å². The summed E-state index contributed by atoms with van der Waals surface area (Å²) in [5, 5.41) is 12.6. The van der Waals surface area contributed by atoms with Gasteiger partial charge in [-0.1, -0.05) is 35.9 Å². The fourth-order valence-corrected chi connectivity index (χ4v) is 8.17. The molecule has 234 valence electrons. The Balaban J connectivity index is 1.35. The molecule has 0 radical (unpaired) electrons. The molecule has 3 aliphatic rings. The fraction of sp³-hybridized carbons (Fsp3) is 0.486. The number of anilines is 1.